The van der Waals surface area contributed by atoms with Crippen molar-refractivity contribution in [1.82, 2.24) is 4.90 Å². The minimum atomic E-state index is -0.163. The van der Waals surface area contributed by atoms with E-state index in [4.69, 9.17) is 9.47 Å². The number of carbonyl (C=O) groups is 3. The molecule has 6 heteroatoms. The van der Waals surface area contributed by atoms with Crippen molar-refractivity contribution in [2.45, 2.75) is 131 Å². The van der Waals surface area contributed by atoms with E-state index < -0.39 is 0 Å². The van der Waals surface area contributed by atoms with Crippen LogP contribution in [0.15, 0.2) is 0 Å². The third-order valence-electron chi connectivity index (χ3n) is 12.7. The Hall–Kier alpha value is -1.43. The number of rotatable bonds is 6. The Balaban J connectivity index is 1.21. The van der Waals surface area contributed by atoms with Crippen LogP contribution in [0.3, 0.4) is 0 Å². The summed E-state index contributed by atoms with van der Waals surface area (Å²) in [5, 5.41) is 0. The van der Waals surface area contributed by atoms with Gasteiger partial charge in [0.05, 0.1) is 12.2 Å². The van der Waals surface area contributed by atoms with Crippen LogP contribution in [0, 0.1) is 52.3 Å². The fourth-order valence-corrected chi connectivity index (χ4v) is 10.9. The zero-order valence-electron chi connectivity index (χ0n) is 25.5. The van der Waals surface area contributed by atoms with Crippen LogP contribution in [0.25, 0.3) is 0 Å². The van der Waals surface area contributed by atoms with Crippen molar-refractivity contribution >= 4 is 17.8 Å². The van der Waals surface area contributed by atoms with Gasteiger partial charge in [-0.05, 0) is 116 Å². The van der Waals surface area contributed by atoms with Crippen LogP contribution in [-0.4, -0.2) is 47.5 Å². The van der Waals surface area contributed by atoms with Crippen molar-refractivity contribution in [1.29, 1.82) is 0 Å². The summed E-state index contributed by atoms with van der Waals surface area (Å²) < 4.78 is 12.5. The van der Waals surface area contributed by atoms with Crippen molar-refractivity contribution in [3.63, 3.8) is 0 Å². The van der Waals surface area contributed by atoms with Crippen molar-refractivity contribution in [3.8, 4) is 0 Å². The maximum absolute atomic E-state index is 11.8. The van der Waals surface area contributed by atoms with E-state index in [1.165, 1.54) is 57.3 Å². The Bertz CT molecular complexity index is 952. The van der Waals surface area contributed by atoms with Gasteiger partial charge in [-0.15, -0.1) is 0 Å². The van der Waals surface area contributed by atoms with Crippen LogP contribution < -0.4 is 0 Å². The number of fused-ring (bicyclic) bond motifs is 7. The first-order valence-electron chi connectivity index (χ1n) is 16.0. The number of nitrogens with zero attached hydrogens (tertiary/aromatic N) is 1. The van der Waals surface area contributed by atoms with E-state index in [9.17, 15) is 14.4 Å². The molecule has 0 unspecified atom stereocenters. The quantitative estimate of drug-likeness (QED) is 0.362. The lowest BCUT2D eigenvalue weighted by Crippen LogP contribution is -2.54. The van der Waals surface area contributed by atoms with Gasteiger partial charge in [-0.2, -0.15) is 0 Å². The van der Waals surface area contributed by atoms with E-state index in [-0.39, 0.29) is 35.9 Å². The summed E-state index contributed by atoms with van der Waals surface area (Å²) in [4.78, 5) is 36.7. The Morgan fingerprint density at radius 2 is 1.64 bits per heavy atom. The van der Waals surface area contributed by atoms with Gasteiger partial charge in [-0.3, -0.25) is 19.3 Å². The summed E-state index contributed by atoms with van der Waals surface area (Å²) in [5.74, 6) is 4.06. The molecule has 4 aliphatic carbocycles. The fraction of sp³-hybridized carbons (Fsp3) is 0.909. The van der Waals surface area contributed by atoms with E-state index >= 15 is 0 Å². The Morgan fingerprint density at radius 1 is 0.949 bits per heavy atom. The van der Waals surface area contributed by atoms with Gasteiger partial charge in [0, 0.05) is 27.3 Å². The van der Waals surface area contributed by atoms with Crippen molar-refractivity contribution in [2.75, 3.05) is 6.54 Å². The molecule has 0 aromatic heterocycles. The number of amides is 2. The number of hydrogen-bond donors (Lipinski definition) is 0. The van der Waals surface area contributed by atoms with Gasteiger partial charge < -0.3 is 9.47 Å². The highest BCUT2D eigenvalue weighted by molar-refractivity contribution is 5.92. The second kappa shape index (κ2) is 10.8. The number of hydrogen-bond acceptors (Lipinski definition) is 5. The molecule has 5 fully saturated rings. The summed E-state index contributed by atoms with van der Waals surface area (Å²) in [6.07, 6.45) is 12.5. The van der Waals surface area contributed by atoms with Crippen molar-refractivity contribution < 1.29 is 23.9 Å². The summed E-state index contributed by atoms with van der Waals surface area (Å²) in [6.45, 7) is 14.8. The van der Waals surface area contributed by atoms with Crippen molar-refractivity contribution in [2.24, 2.45) is 52.3 Å². The monoisotopic (exact) mass is 543 g/mol. The highest BCUT2D eigenvalue weighted by Gasteiger charge is 2.65. The molecular weight excluding hydrogens is 490 g/mol. The minimum absolute atomic E-state index is 0.124. The lowest BCUT2D eigenvalue weighted by Gasteiger charge is -2.61. The van der Waals surface area contributed by atoms with E-state index in [1.807, 2.05) is 0 Å². The Morgan fingerprint density at radius 3 is 2.31 bits per heavy atom. The van der Waals surface area contributed by atoms with Crippen LogP contribution >= 0.6 is 0 Å². The molecule has 6 nitrogen and oxygen atoms in total. The molecule has 0 bridgehead atoms. The average Bonchev–Trinajstić information content (AvgIpc) is 3.33. The summed E-state index contributed by atoms with van der Waals surface area (Å²) >= 11 is 0. The third-order valence-corrected chi connectivity index (χ3v) is 12.7. The molecule has 0 radical (unpaired) electrons. The standard InChI is InChI=1S/C33H53NO5/c1-19(18-34(21(3)35)22(4)36)8-11-29-20(2)31-30(39-29)17-28-26-10-9-24-16-25(38-23(5)37)12-14-32(24,6)27(26)13-15-33(28,31)7/h19-20,24-31H,8-18H2,1-7H3/t19-,20+,24-,25+,26-,27+,28+,29+,30-,31-,32-,33-/m0/s1. The van der Waals surface area contributed by atoms with Gasteiger partial charge in [0.25, 0.3) is 0 Å². The van der Waals surface area contributed by atoms with Gasteiger partial charge in [0.1, 0.15) is 6.10 Å². The molecule has 12 atom stereocenters. The van der Waals surface area contributed by atoms with Gasteiger partial charge >= 0.3 is 5.97 Å². The van der Waals surface area contributed by atoms with Crippen LogP contribution in [0.4, 0.5) is 0 Å². The molecule has 0 aromatic carbocycles. The molecule has 220 valence electrons. The van der Waals surface area contributed by atoms with Gasteiger partial charge in [0.2, 0.25) is 11.8 Å². The van der Waals surface area contributed by atoms with Crippen LogP contribution in [-0.2, 0) is 23.9 Å². The molecule has 0 aromatic rings. The van der Waals surface area contributed by atoms with Crippen molar-refractivity contribution in [3.05, 3.63) is 0 Å². The molecule has 1 saturated heterocycles. The van der Waals surface area contributed by atoms with E-state index in [2.05, 4.69) is 27.7 Å². The predicted molar refractivity (Wildman–Crippen MR) is 150 cm³/mol. The Kier molecular flexibility index (Phi) is 8.02. The lowest BCUT2D eigenvalue weighted by molar-refractivity contribution is -0.160. The van der Waals surface area contributed by atoms with Gasteiger partial charge in [-0.1, -0.05) is 27.7 Å². The fourth-order valence-electron chi connectivity index (χ4n) is 10.9. The zero-order valence-corrected chi connectivity index (χ0v) is 25.5. The first-order chi connectivity index (χ1) is 18.3. The smallest absolute Gasteiger partial charge is 0.302 e. The van der Waals surface area contributed by atoms with Crippen LogP contribution in [0.5, 0.6) is 0 Å². The van der Waals surface area contributed by atoms with Crippen LogP contribution in [0.1, 0.15) is 113 Å². The lowest BCUT2D eigenvalue weighted by atomic mass is 9.44. The molecule has 39 heavy (non-hydrogen) atoms. The molecule has 5 rings (SSSR count). The van der Waals surface area contributed by atoms with E-state index in [1.54, 1.807) is 6.92 Å². The number of carbonyl (C=O) groups excluding carboxylic acids is 3. The van der Waals surface area contributed by atoms with Gasteiger partial charge in [0.15, 0.2) is 0 Å². The number of ether oxygens (including phenoxy) is 2. The number of esters is 1. The largest absolute Gasteiger partial charge is 0.463 e. The minimum Gasteiger partial charge on any atom is -0.463 e. The first kappa shape index (κ1) is 29.1. The second-order valence-corrected chi connectivity index (χ2v) is 14.9. The van der Waals surface area contributed by atoms with E-state index in [0.717, 1.165) is 43.4 Å². The average molecular weight is 544 g/mol. The molecule has 0 N–H and O–H groups in total. The third kappa shape index (κ3) is 5.10. The summed E-state index contributed by atoms with van der Waals surface area (Å²) in [7, 11) is 0. The molecule has 1 heterocycles. The molecule has 4 saturated carbocycles. The Labute approximate surface area is 236 Å². The molecular formula is C33H53NO5. The molecule has 2 amide bonds. The molecule has 0 spiro atoms. The number of imide groups is 1. The zero-order chi connectivity index (χ0) is 28.3. The summed E-state index contributed by atoms with van der Waals surface area (Å²) in [6, 6.07) is 0. The highest BCUT2D eigenvalue weighted by atomic mass is 16.5. The topological polar surface area (TPSA) is 72.9 Å². The molecule has 1 aliphatic heterocycles. The second-order valence-electron chi connectivity index (χ2n) is 14.9. The first-order valence-corrected chi connectivity index (χ1v) is 16.0. The predicted octanol–water partition coefficient (Wildman–Crippen LogP) is 6.40. The maximum atomic E-state index is 11.8. The summed E-state index contributed by atoms with van der Waals surface area (Å²) in [5.41, 5.74) is 0.751. The van der Waals surface area contributed by atoms with Gasteiger partial charge in [-0.25, -0.2) is 0 Å². The SMILES string of the molecule is CC(=O)O[C@@H]1CC[C@@]2(C)[C@@H](CC[C@H]3[C@H]2CC[C@]2(C)[C@H]4[C@H](C)[C@@H](CC[C@H](C)CN(C(C)=O)C(C)=O)O[C@H]4C[C@H]32)C1. The highest BCUT2D eigenvalue weighted by Crippen LogP contribution is 2.70. The maximum Gasteiger partial charge on any atom is 0.302 e. The van der Waals surface area contributed by atoms with Crippen LogP contribution in [0.2, 0.25) is 0 Å². The molecule has 5 aliphatic rings. The normalized spacial score (nSPS) is 45.4. The van der Waals surface area contributed by atoms with E-state index in [0.29, 0.717) is 41.2 Å².